The van der Waals surface area contributed by atoms with Gasteiger partial charge in [-0.05, 0) is 24.0 Å². The molecule has 1 N–H and O–H groups in total. The molecule has 0 amide bonds. The molecule has 0 saturated carbocycles. The van der Waals surface area contributed by atoms with Gasteiger partial charge in [0.15, 0.2) is 0 Å². The molecule has 1 aromatic rings. The Hall–Kier alpha value is -1.51. The number of benzene rings is 1. The fraction of sp³-hybridized carbons (Fsp3) is 0.462. The summed E-state index contributed by atoms with van der Waals surface area (Å²) in [6, 6.07) is 7.32. The van der Waals surface area contributed by atoms with Crippen molar-refractivity contribution in [2.75, 3.05) is 0 Å². The molecular formula is C13H18O3. The van der Waals surface area contributed by atoms with Crippen molar-refractivity contribution in [3.63, 3.8) is 0 Å². The van der Waals surface area contributed by atoms with Crippen molar-refractivity contribution in [1.29, 1.82) is 0 Å². The third-order valence-electron chi connectivity index (χ3n) is 2.83. The highest BCUT2D eigenvalue weighted by molar-refractivity contribution is 5.62. The van der Waals surface area contributed by atoms with Gasteiger partial charge in [0, 0.05) is 0 Å². The van der Waals surface area contributed by atoms with E-state index in [0.717, 1.165) is 24.8 Å². The minimum Gasteiger partial charge on any atom is -0.449 e. The second kappa shape index (κ2) is 6.16. The Morgan fingerprint density at radius 3 is 2.50 bits per heavy atom. The highest BCUT2D eigenvalue weighted by Gasteiger charge is 2.11. The Labute approximate surface area is 96.1 Å². The third-order valence-corrected chi connectivity index (χ3v) is 2.83. The van der Waals surface area contributed by atoms with Crippen LogP contribution in [-0.4, -0.2) is 11.3 Å². The Kier molecular flexibility index (Phi) is 4.83. The standard InChI is InChI=1S/C13H18O3/c1-3-10(4-2)9-11-7-5-6-8-12(11)16-13(14)15/h5-8,10H,3-4,9H2,1-2H3,(H,14,15). The molecule has 0 aliphatic rings. The van der Waals surface area contributed by atoms with Crippen molar-refractivity contribution in [2.45, 2.75) is 33.1 Å². The van der Waals surface area contributed by atoms with Gasteiger partial charge in [0.2, 0.25) is 0 Å². The highest BCUT2D eigenvalue weighted by atomic mass is 16.7. The fourth-order valence-electron chi connectivity index (χ4n) is 1.75. The molecule has 0 fully saturated rings. The summed E-state index contributed by atoms with van der Waals surface area (Å²) in [5.41, 5.74) is 0.971. The van der Waals surface area contributed by atoms with E-state index >= 15 is 0 Å². The lowest BCUT2D eigenvalue weighted by Gasteiger charge is -2.14. The predicted octanol–water partition coefficient (Wildman–Crippen LogP) is 3.72. The van der Waals surface area contributed by atoms with Gasteiger partial charge in [0.25, 0.3) is 0 Å². The van der Waals surface area contributed by atoms with Crippen molar-refractivity contribution in [3.05, 3.63) is 29.8 Å². The first-order valence-corrected chi connectivity index (χ1v) is 5.66. The quantitative estimate of drug-likeness (QED) is 0.610. The molecule has 0 aliphatic heterocycles. The number of ether oxygens (including phenoxy) is 1. The van der Waals surface area contributed by atoms with Crippen LogP contribution in [0.4, 0.5) is 4.79 Å². The van der Waals surface area contributed by atoms with E-state index in [0.29, 0.717) is 11.7 Å². The van der Waals surface area contributed by atoms with Crippen molar-refractivity contribution in [3.8, 4) is 5.75 Å². The summed E-state index contributed by atoms with van der Waals surface area (Å²) in [5.74, 6) is 1.04. The van der Waals surface area contributed by atoms with Gasteiger partial charge in [-0.25, -0.2) is 4.79 Å². The van der Waals surface area contributed by atoms with Crippen LogP contribution in [0.15, 0.2) is 24.3 Å². The molecular weight excluding hydrogens is 204 g/mol. The number of carboxylic acid groups (broad SMARTS) is 1. The molecule has 0 heterocycles. The first kappa shape index (κ1) is 12.6. The Morgan fingerprint density at radius 1 is 1.31 bits per heavy atom. The van der Waals surface area contributed by atoms with Gasteiger partial charge in [0.1, 0.15) is 5.75 Å². The van der Waals surface area contributed by atoms with Crippen LogP contribution in [0.5, 0.6) is 5.75 Å². The van der Waals surface area contributed by atoms with Gasteiger partial charge >= 0.3 is 6.16 Å². The Morgan fingerprint density at radius 2 is 1.94 bits per heavy atom. The maximum atomic E-state index is 10.5. The zero-order chi connectivity index (χ0) is 12.0. The minimum atomic E-state index is -1.25. The summed E-state index contributed by atoms with van der Waals surface area (Å²) in [6.07, 6.45) is 1.81. The lowest BCUT2D eigenvalue weighted by atomic mass is 9.94. The van der Waals surface area contributed by atoms with Gasteiger partial charge in [-0.15, -0.1) is 0 Å². The van der Waals surface area contributed by atoms with Gasteiger partial charge in [-0.2, -0.15) is 0 Å². The van der Waals surface area contributed by atoms with E-state index < -0.39 is 6.16 Å². The maximum absolute atomic E-state index is 10.5. The molecule has 0 aromatic heterocycles. The smallest absolute Gasteiger partial charge is 0.449 e. The molecule has 0 aliphatic carbocycles. The summed E-state index contributed by atoms with van der Waals surface area (Å²) in [7, 11) is 0. The minimum absolute atomic E-state index is 0.460. The van der Waals surface area contributed by atoms with Crippen LogP contribution in [0, 0.1) is 5.92 Å². The largest absolute Gasteiger partial charge is 0.511 e. The molecule has 3 nitrogen and oxygen atoms in total. The van der Waals surface area contributed by atoms with Gasteiger partial charge in [-0.3, -0.25) is 0 Å². The van der Waals surface area contributed by atoms with Gasteiger partial charge < -0.3 is 9.84 Å². The van der Waals surface area contributed by atoms with Crippen molar-refractivity contribution >= 4 is 6.16 Å². The van der Waals surface area contributed by atoms with Crippen molar-refractivity contribution in [1.82, 2.24) is 0 Å². The summed E-state index contributed by atoms with van der Waals surface area (Å²) in [4.78, 5) is 10.5. The molecule has 0 bridgehead atoms. The lowest BCUT2D eigenvalue weighted by Crippen LogP contribution is -2.08. The van der Waals surface area contributed by atoms with E-state index in [-0.39, 0.29) is 0 Å². The first-order chi connectivity index (χ1) is 7.67. The van der Waals surface area contributed by atoms with Crippen LogP contribution >= 0.6 is 0 Å². The normalized spacial score (nSPS) is 10.4. The average Bonchev–Trinajstić information content (AvgIpc) is 2.27. The highest BCUT2D eigenvalue weighted by Crippen LogP contribution is 2.24. The van der Waals surface area contributed by atoms with Gasteiger partial charge in [-0.1, -0.05) is 44.9 Å². The van der Waals surface area contributed by atoms with Crippen LogP contribution in [-0.2, 0) is 6.42 Å². The zero-order valence-corrected chi connectivity index (χ0v) is 9.77. The van der Waals surface area contributed by atoms with Crippen LogP contribution < -0.4 is 4.74 Å². The van der Waals surface area contributed by atoms with Crippen molar-refractivity contribution < 1.29 is 14.6 Å². The number of hydrogen-bond donors (Lipinski definition) is 1. The second-order valence-corrected chi connectivity index (χ2v) is 3.86. The molecule has 0 spiro atoms. The first-order valence-electron chi connectivity index (χ1n) is 5.66. The predicted molar refractivity (Wildman–Crippen MR) is 62.9 cm³/mol. The number of carbonyl (C=O) groups is 1. The van der Waals surface area contributed by atoms with E-state index in [2.05, 4.69) is 13.8 Å². The summed E-state index contributed by atoms with van der Waals surface area (Å²) in [6.45, 7) is 4.30. The van der Waals surface area contributed by atoms with Crippen LogP contribution in [0.25, 0.3) is 0 Å². The molecule has 0 saturated heterocycles. The number of para-hydroxylation sites is 1. The van der Waals surface area contributed by atoms with E-state index in [1.54, 1.807) is 12.1 Å². The van der Waals surface area contributed by atoms with E-state index in [9.17, 15) is 4.79 Å². The van der Waals surface area contributed by atoms with Crippen molar-refractivity contribution in [2.24, 2.45) is 5.92 Å². The van der Waals surface area contributed by atoms with E-state index in [1.165, 1.54) is 0 Å². The zero-order valence-electron chi connectivity index (χ0n) is 9.77. The van der Waals surface area contributed by atoms with Crippen LogP contribution in [0.3, 0.4) is 0 Å². The molecule has 1 rings (SSSR count). The molecule has 88 valence electrons. The molecule has 0 atom stereocenters. The monoisotopic (exact) mass is 222 g/mol. The third kappa shape index (κ3) is 3.57. The fourth-order valence-corrected chi connectivity index (χ4v) is 1.75. The second-order valence-electron chi connectivity index (χ2n) is 3.86. The van der Waals surface area contributed by atoms with Gasteiger partial charge in [0.05, 0.1) is 0 Å². The summed E-state index contributed by atoms with van der Waals surface area (Å²) < 4.78 is 4.75. The molecule has 3 heteroatoms. The summed E-state index contributed by atoms with van der Waals surface area (Å²) >= 11 is 0. The number of rotatable bonds is 5. The topological polar surface area (TPSA) is 46.5 Å². The molecule has 16 heavy (non-hydrogen) atoms. The Bertz CT molecular complexity index is 343. The maximum Gasteiger partial charge on any atom is 0.511 e. The SMILES string of the molecule is CCC(CC)Cc1ccccc1OC(=O)O. The number of hydrogen-bond acceptors (Lipinski definition) is 2. The molecule has 0 radical (unpaired) electrons. The Balaban J connectivity index is 2.81. The lowest BCUT2D eigenvalue weighted by molar-refractivity contribution is 0.144. The van der Waals surface area contributed by atoms with Crippen LogP contribution in [0.1, 0.15) is 32.3 Å². The van der Waals surface area contributed by atoms with E-state index in [4.69, 9.17) is 9.84 Å². The molecule has 0 unspecified atom stereocenters. The summed E-state index contributed by atoms with van der Waals surface area (Å²) in [5, 5.41) is 8.62. The van der Waals surface area contributed by atoms with E-state index in [1.807, 2.05) is 12.1 Å². The molecule has 1 aromatic carbocycles. The average molecular weight is 222 g/mol. The van der Waals surface area contributed by atoms with Crippen LogP contribution in [0.2, 0.25) is 0 Å².